The van der Waals surface area contributed by atoms with Gasteiger partial charge in [-0.2, -0.15) is 0 Å². The molecule has 0 N–H and O–H groups in total. The van der Waals surface area contributed by atoms with E-state index >= 15 is 0 Å². The van der Waals surface area contributed by atoms with Gasteiger partial charge in [0, 0.05) is 31.9 Å². The summed E-state index contributed by atoms with van der Waals surface area (Å²) in [7, 11) is 0. The minimum atomic E-state index is 1.01. The molecule has 0 fully saturated rings. The molecule has 4 aromatic heterocycles. The molecule has 14 rings (SSSR count). The summed E-state index contributed by atoms with van der Waals surface area (Å²) in [6.07, 6.45) is 0. The van der Waals surface area contributed by atoms with Crippen LogP contribution < -0.4 is 0 Å². The van der Waals surface area contributed by atoms with Gasteiger partial charge in [0.25, 0.3) is 0 Å². The molecule has 3 nitrogen and oxygen atoms in total. The van der Waals surface area contributed by atoms with Crippen molar-refractivity contribution in [2.45, 2.75) is 0 Å². The molecule has 302 valence electrons. The van der Waals surface area contributed by atoms with Crippen LogP contribution in [0.1, 0.15) is 0 Å². The van der Waals surface area contributed by atoms with E-state index in [-0.39, 0.29) is 0 Å². The zero-order chi connectivity index (χ0) is 42.6. The fourth-order valence-electron chi connectivity index (χ4n) is 10.4. The number of aromatic nitrogens is 3. The number of para-hydroxylation sites is 2. The van der Waals surface area contributed by atoms with Crippen LogP contribution >= 0.6 is 11.3 Å². The summed E-state index contributed by atoms with van der Waals surface area (Å²) in [5, 5.41) is 9.94. The van der Waals surface area contributed by atoms with E-state index in [0.717, 1.165) is 27.9 Å². The Kier molecular flexibility index (Phi) is 7.85. The number of rotatable bonds is 5. The summed E-state index contributed by atoms with van der Waals surface area (Å²) < 4.78 is 7.25. The van der Waals surface area contributed by atoms with Gasteiger partial charge in [-0.25, -0.2) is 4.98 Å². The molecule has 0 spiro atoms. The summed E-state index contributed by atoms with van der Waals surface area (Å²) in [6.45, 7) is 0. The first-order valence-corrected chi connectivity index (χ1v) is 23.0. The van der Waals surface area contributed by atoms with E-state index in [1.54, 1.807) is 0 Å². The third-order valence-corrected chi connectivity index (χ3v) is 14.7. The highest BCUT2D eigenvalue weighted by atomic mass is 32.1. The first-order chi connectivity index (χ1) is 32.2. The lowest BCUT2D eigenvalue weighted by atomic mass is 9.91. The molecule has 0 atom stereocenters. The number of fused-ring (bicyclic) bond motifs is 12. The van der Waals surface area contributed by atoms with E-state index in [0.29, 0.717) is 0 Å². The molecular formula is C61H37N3S. The molecule has 65 heavy (non-hydrogen) atoms. The van der Waals surface area contributed by atoms with E-state index in [9.17, 15) is 0 Å². The van der Waals surface area contributed by atoms with Gasteiger partial charge < -0.3 is 4.57 Å². The first-order valence-electron chi connectivity index (χ1n) is 22.2. The van der Waals surface area contributed by atoms with Crippen molar-refractivity contribution >= 4 is 91.5 Å². The van der Waals surface area contributed by atoms with E-state index in [2.05, 4.69) is 233 Å². The predicted octanol–water partition coefficient (Wildman–Crippen LogP) is 16.9. The van der Waals surface area contributed by atoms with Gasteiger partial charge in [-0.05, 0) is 115 Å². The average Bonchev–Trinajstić information content (AvgIpc) is 4.05. The summed E-state index contributed by atoms with van der Waals surface area (Å²) in [6, 6.07) is 82.2. The second-order valence-electron chi connectivity index (χ2n) is 17.1. The quantitative estimate of drug-likeness (QED) is 0.169. The third kappa shape index (κ3) is 5.58. The van der Waals surface area contributed by atoms with Gasteiger partial charge in [0.15, 0.2) is 5.65 Å². The fraction of sp³-hybridized carbons (Fsp3) is 0. The van der Waals surface area contributed by atoms with Gasteiger partial charge in [0.05, 0.1) is 32.5 Å². The van der Waals surface area contributed by atoms with Crippen molar-refractivity contribution in [3.05, 3.63) is 224 Å². The Morgan fingerprint density at radius 2 is 0.923 bits per heavy atom. The van der Waals surface area contributed by atoms with Crippen molar-refractivity contribution in [2.75, 3.05) is 0 Å². The molecule has 0 amide bonds. The zero-order valence-electron chi connectivity index (χ0n) is 35.1. The monoisotopic (exact) mass is 843 g/mol. The molecule has 0 aliphatic rings. The average molecular weight is 844 g/mol. The Hall–Kier alpha value is -8.31. The van der Waals surface area contributed by atoms with Crippen molar-refractivity contribution in [3.63, 3.8) is 0 Å². The van der Waals surface area contributed by atoms with Gasteiger partial charge in [0.2, 0.25) is 0 Å². The van der Waals surface area contributed by atoms with Crippen molar-refractivity contribution in [1.82, 2.24) is 14.0 Å². The maximum atomic E-state index is 5.33. The van der Waals surface area contributed by atoms with E-state index in [1.807, 2.05) is 11.3 Å². The number of pyridine rings is 1. The molecule has 4 heterocycles. The SMILES string of the molecule is c1ccc(-n2c3ccccc3c3cc(-c4ccc(-c5ccc(-c6ccc(-c7cc8c9ccccc9sc8c8nc9cc%10ccccc%10cc9n78)cc6)c6ccccc56)cc4)ccc32)cc1. The second kappa shape index (κ2) is 14.1. The van der Waals surface area contributed by atoms with Crippen molar-refractivity contribution in [2.24, 2.45) is 0 Å². The maximum Gasteiger partial charge on any atom is 0.156 e. The van der Waals surface area contributed by atoms with Gasteiger partial charge in [-0.3, -0.25) is 4.40 Å². The van der Waals surface area contributed by atoms with Gasteiger partial charge in [-0.15, -0.1) is 11.3 Å². The van der Waals surface area contributed by atoms with Crippen LogP contribution in [0.4, 0.5) is 0 Å². The molecule has 0 aliphatic carbocycles. The van der Waals surface area contributed by atoms with E-state index < -0.39 is 0 Å². The summed E-state index contributed by atoms with van der Waals surface area (Å²) >= 11 is 1.83. The second-order valence-corrected chi connectivity index (χ2v) is 18.2. The predicted molar refractivity (Wildman–Crippen MR) is 277 cm³/mol. The third-order valence-electron chi connectivity index (χ3n) is 13.5. The molecule has 0 aliphatic heterocycles. The molecular weight excluding hydrogens is 807 g/mol. The molecule has 0 radical (unpaired) electrons. The Morgan fingerprint density at radius 1 is 0.354 bits per heavy atom. The van der Waals surface area contributed by atoms with Crippen LogP contribution in [-0.4, -0.2) is 14.0 Å². The largest absolute Gasteiger partial charge is 0.309 e. The first kappa shape index (κ1) is 36.2. The van der Waals surface area contributed by atoms with Gasteiger partial charge >= 0.3 is 0 Å². The molecule has 4 heteroatoms. The lowest BCUT2D eigenvalue weighted by Gasteiger charge is -2.14. The van der Waals surface area contributed by atoms with Crippen molar-refractivity contribution in [1.29, 1.82) is 0 Å². The Bertz CT molecular complexity index is 4200. The zero-order valence-corrected chi connectivity index (χ0v) is 35.9. The molecule has 0 saturated heterocycles. The van der Waals surface area contributed by atoms with Gasteiger partial charge in [0.1, 0.15) is 0 Å². The maximum absolute atomic E-state index is 5.33. The highest BCUT2D eigenvalue weighted by Crippen LogP contribution is 2.43. The van der Waals surface area contributed by atoms with Crippen LogP contribution in [0, 0.1) is 0 Å². The Balaban J connectivity index is 0.840. The van der Waals surface area contributed by atoms with Crippen LogP contribution in [-0.2, 0) is 0 Å². The summed E-state index contributed by atoms with van der Waals surface area (Å²) in [4.78, 5) is 5.33. The normalized spacial score (nSPS) is 12.0. The van der Waals surface area contributed by atoms with Gasteiger partial charge in [-0.1, -0.05) is 170 Å². The number of hydrogen-bond donors (Lipinski definition) is 0. The molecule has 10 aromatic carbocycles. The highest BCUT2D eigenvalue weighted by Gasteiger charge is 2.19. The van der Waals surface area contributed by atoms with E-state index in [4.69, 9.17) is 4.98 Å². The summed E-state index contributed by atoms with van der Waals surface area (Å²) in [5.74, 6) is 0. The molecule has 14 aromatic rings. The number of thiophene rings is 1. The van der Waals surface area contributed by atoms with Crippen LogP contribution in [0.25, 0.3) is 131 Å². The van der Waals surface area contributed by atoms with E-state index in [1.165, 1.54) is 103 Å². The molecule has 0 saturated carbocycles. The fourth-order valence-corrected chi connectivity index (χ4v) is 11.6. The Morgan fingerprint density at radius 3 is 1.66 bits per heavy atom. The number of imidazole rings is 1. The minimum Gasteiger partial charge on any atom is -0.309 e. The molecule has 0 unspecified atom stereocenters. The van der Waals surface area contributed by atoms with Crippen LogP contribution in [0.5, 0.6) is 0 Å². The smallest absolute Gasteiger partial charge is 0.156 e. The highest BCUT2D eigenvalue weighted by molar-refractivity contribution is 7.26. The topological polar surface area (TPSA) is 22.2 Å². The lowest BCUT2D eigenvalue weighted by molar-refractivity contribution is 1.18. The standard InChI is InChI=1S/C61H37N3S/c1-2-14-45(15-3-1)63-55-20-10-8-18-50(55)52-34-44(30-33-56(52)63)38-22-24-39(25-23-38)46-31-32-47(49-17-7-6-16-48(46)49)40-26-28-41(29-27-40)57-37-53-51-19-9-11-21-59(51)65-60(53)61-62-54-35-42-12-4-5-13-43(42)36-58(54)64(57)61/h1-37H. The summed E-state index contributed by atoms with van der Waals surface area (Å²) in [5.41, 5.74) is 16.3. The van der Waals surface area contributed by atoms with Crippen LogP contribution in [0.15, 0.2) is 224 Å². The minimum absolute atomic E-state index is 1.01. The van der Waals surface area contributed by atoms with Crippen LogP contribution in [0.3, 0.4) is 0 Å². The lowest BCUT2D eigenvalue weighted by Crippen LogP contribution is -1.93. The molecule has 0 bridgehead atoms. The number of nitrogens with zero attached hydrogens (tertiary/aromatic N) is 3. The van der Waals surface area contributed by atoms with Crippen LogP contribution in [0.2, 0.25) is 0 Å². The number of hydrogen-bond acceptors (Lipinski definition) is 2. The van der Waals surface area contributed by atoms with Crippen molar-refractivity contribution in [3.8, 4) is 50.3 Å². The van der Waals surface area contributed by atoms with Crippen molar-refractivity contribution < 1.29 is 0 Å². The number of benzene rings is 10. The Labute approximate surface area is 378 Å².